The van der Waals surface area contributed by atoms with Crippen molar-refractivity contribution in [1.29, 1.82) is 5.26 Å². The monoisotopic (exact) mass is 355 g/mol. The number of unbranched alkanes of at least 4 members (excludes halogenated alkanes) is 3. The van der Waals surface area contributed by atoms with Crippen LogP contribution in [-0.4, -0.2) is 0 Å². The van der Waals surface area contributed by atoms with Crippen molar-refractivity contribution in [3.63, 3.8) is 0 Å². The van der Waals surface area contributed by atoms with E-state index in [0.29, 0.717) is 0 Å². The van der Waals surface area contributed by atoms with E-state index in [1.807, 2.05) is 0 Å². The molecule has 142 valence electrons. The Morgan fingerprint density at radius 2 is 1.58 bits per heavy atom. The van der Waals surface area contributed by atoms with Gasteiger partial charge in [0.1, 0.15) is 6.07 Å². The smallest absolute Gasteiger partial charge is 0.195 e. The molecule has 26 heavy (non-hydrogen) atoms. The molecule has 0 radical (unpaired) electrons. The Hall–Kier alpha value is -1.62. The second-order valence-electron chi connectivity index (χ2n) is 7.93. The third-order valence-electron chi connectivity index (χ3n) is 5.80. The van der Waals surface area contributed by atoms with Gasteiger partial charge in [0.25, 0.3) is 0 Å². The van der Waals surface area contributed by atoms with E-state index in [-0.39, 0.29) is 5.92 Å². The van der Waals surface area contributed by atoms with Crippen molar-refractivity contribution in [3.8, 4) is 6.07 Å². The van der Waals surface area contributed by atoms with Gasteiger partial charge in [-0.2, -0.15) is 9.65 Å². The van der Waals surface area contributed by atoms with Gasteiger partial charge in [0.15, 0.2) is 5.83 Å². The second kappa shape index (κ2) is 11.9. The molecule has 0 aromatic heterocycles. The lowest BCUT2D eigenvalue weighted by atomic mass is 9.79. The Bertz CT molecular complexity index is 573. The van der Waals surface area contributed by atoms with Crippen LogP contribution in [0.25, 0.3) is 0 Å². The maximum absolute atomic E-state index is 13.0. The molecule has 1 aliphatic rings. The molecule has 0 amide bonds. The molecule has 0 unspecified atom stereocenters. The summed E-state index contributed by atoms with van der Waals surface area (Å²) in [5.74, 6) is 0.470. The topological polar surface area (TPSA) is 23.8 Å². The van der Waals surface area contributed by atoms with Gasteiger partial charge in [0.05, 0.1) is 0 Å². The number of benzene rings is 1. The minimum absolute atomic E-state index is 0.279. The zero-order chi connectivity index (χ0) is 18.6. The summed E-state index contributed by atoms with van der Waals surface area (Å²) in [6.45, 7) is 2.25. The van der Waals surface area contributed by atoms with Crippen LogP contribution in [0.3, 0.4) is 0 Å². The van der Waals surface area contributed by atoms with Gasteiger partial charge in [-0.05, 0) is 80.4 Å². The molecular formula is C24H34FN. The molecule has 1 fully saturated rings. The maximum Gasteiger partial charge on any atom is 0.196 e. The molecule has 0 saturated heterocycles. The van der Waals surface area contributed by atoms with Crippen LogP contribution in [0.1, 0.15) is 82.3 Å². The summed E-state index contributed by atoms with van der Waals surface area (Å²) in [4.78, 5) is 0. The Labute approximate surface area is 159 Å². The van der Waals surface area contributed by atoms with Crippen LogP contribution >= 0.6 is 0 Å². The predicted octanol–water partition coefficient (Wildman–Crippen LogP) is 7.32. The van der Waals surface area contributed by atoms with Crippen molar-refractivity contribution in [2.75, 3.05) is 0 Å². The van der Waals surface area contributed by atoms with Crippen LogP contribution < -0.4 is 0 Å². The summed E-state index contributed by atoms with van der Waals surface area (Å²) < 4.78 is 13.0. The van der Waals surface area contributed by atoms with Gasteiger partial charge in [-0.25, -0.2) is 0 Å². The Morgan fingerprint density at radius 3 is 2.12 bits per heavy atom. The number of hydrogen-bond acceptors (Lipinski definition) is 1. The molecule has 1 nitrogen and oxygen atoms in total. The van der Waals surface area contributed by atoms with Crippen LogP contribution in [0.4, 0.5) is 4.39 Å². The van der Waals surface area contributed by atoms with Gasteiger partial charge in [-0.1, -0.05) is 56.9 Å². The van der Waals surface area contributed by atoms with Gasteiger partial charge in [0, 0.05) is 0 Å². The maximum atomic E-state index is 13.0. The molecule has 1 aromatic carbocycles. The van der Waals surface area contributed by atoms with Gasteiger partial charge in [0.2, 0.25) is 0 Å². The molecule has 1 aromatic rings. The number of hydrogen-bond donors (Lipinski definition) is 0. The molecule has 0 spiro atoms. The minimum Gasteiger partial charge on any atom is -0.195 e. The highest BCUT2D eigenvalue weighted by atomic mass is 19.1. The van der Waals surface area contributed by atoms with Gasteiger partial charge >= 0.3 is 0 Å². The fourth-order valence-corrected chi connectivity index (χ4v) is 4.10. The first-order valence-electron chi connectivity index (χ1n) is 10.6. The lowest BCUT2D eigenvalue weighted by Gasteiger charge is -2.26. The third kappa shape index (κ3) is 7.73. The van der Waals surface area contributed by atoms with Crippen LogP contribution in [0.5, 0.6) is 0 Å². The SMILES string of the molecule is CCCCCc1ccc(CCCCC2CCC(C=C(F)C#N)CC2)cc1. The summed E-state index contributed by atoms with van der Waals surface area (Å²) >= 11 is 0. The Kier molecular flexibility index (Phi) is 9.46. The quantitative estimate of drug-likeness (QED) is 0.319. The first-order chi connectivity index (χ1) is 12.7. The lowest BCUT2D eigenvalue weighted by Crippen LogP contribution is -2.13. The summed E-state index contributed by atoms with van der Waals surface area (Å²) in [6, 6.07) is 10.8. The minimum atomic E-state index is -0.607. The first kappa shape index (κ1) is 20.7. The van der Waals surface area contributed by atoms with Crippen molar-refractivity contribution in [2.24, 2.45) is 11.8 Å². The Morgan fingerprint density at radius 1 is 1.00 bits per heavy atom. The van der Waals surface area contributed by atoms with Crippen LogP contribution in [0.15, 0.2) is 36.2 Å². The van der Waals surface area contributed by atoms with Crippen molar-refractivity contribution in [1.82, 2.24) is 0 Å². The van der Waals surface area contributed by atoms with E-state index in [1.165, 1.54) is 81.4 Å². The summed E-state index contributed by atoms with van der Waals surface area (Å²) in [5.41, 5.74) is 2.94. The van der Waals surface area contributed by atoms with E-state index < -0.39 is 5.83 Å². The van der Waals surface area contributed by atoms with E-state index in [9.17, 15) is 4.39 Å². The van der Waals surface area contributed by atoms with E-state index in [4.69, 9.17) is 5.26 Å². The van der Waals surface area contributed by atoms with Crippen LogP contribution in [0.2, 0.25) is 0 Å². The van der Waals surface area contributed by atoms with E-state index >= 15 is 0 Å². The molecule has 2 rings (SSSR count). The predicted molar refractivity (Wildman–Crippen MR) is 107 cm³/mol. The van der Waals surface area contributed by atoms with Crippen molar-refractivity contribution in [2.45, 2.75) is 84.0 Å². The fraction of sp³-hybridized carbons (Fsp3) is 0.625. The van der Waals surface area contributed by atoms with E-state index in [2.05, 4.69) is 31.2 Å². The van der Waals surface area contributed by atoms with E-state index in [1.54, 1.807) is 6.07 Å². The molecule has 2 heteroatoms. The van der Waals surface area contributed by atoms with Gasteiger partial charge in [-0.15, -0.1) is 0 Å². The van der Waals surface area contributed by atoms with Crippen LogP contribution in [-0.2, 0) is 12.8 Å². The molecule has 0 atom stereocenters. The molecule has 1 saturated carbocycles. The zero-order valence-electron chi connectivity index (χ0n) is 16.4. The third-order valence-corrected chi connectivity index (χ3v) is 5.80. The largest absolute Gasteiger partial charge is 0.196 e. The van der Waals surface area contributed by atoms with Gasteiger partial charge in [-0.3, -0.25) is 0 Å². The molecule has 0 bridgehead atoms. The number of nitrogens with zero attached hydrogens (tertiary/aromatic N) is 1. The average molecular weight is 356 g/mol. The van der Waals surface area contributed by atoms with Gasteiger partial charge < -0.3 is 0 Å². The highest BCUT2D eigenvalue weighted by Crippen LogP contribution is 2.33. The van der Waals surface area contributed by atoms with Crippen molar-refractivity contribution >= 4 is 0 Å². The van der Waals surface area contributed by atoms with Crippen LogP contribution in [0, 0.1) is 23.2 Å². The number of rotatable bonds is 10. The summed E-state index contributed by atoms with van der Waals surface area (Å²) in [7, 11) is 0. The molecule has 0 aliphatic heterocycles. The second-order valence-corrected chi connectivity index (χ2v) is 7.93. The molecule has 1 aliphatic carbocycles. The Balaban J connectivity index is 1.59. The molecule has 0 heterocycles. The van der Waals surface area contributed by atoms with E-state index in [0.717, 1.165) is 18.8 Å². The normalized spacial score (nSPS) is 20.7. The van der Waals surface area contributed by atoms with Crippen molar-refractivity contribution < 1.29 is 4.39 Å². The molecular weight excluding hydrogens is 321 g/mol. The standard InChI is InChI=1S/C24H34FN/c1-2-3-4-7-20-10-12-21(13-11-20)8-5-6-9-22-14-16-23(17-15-22)18-24(25)19-26/h10-13,18,22-23H,2-9,14-17H2,1H3. The first-order valence-corrected chi connectivity index (χ1v) is 10.6. The number of halogens is 1. The fourth-order valence-electron chi connectivity index (χ4n) is 4.10. The highest BCUT2D eigenvalue weighted by molar-refractivity contribution is 5.22. The molecule has 0 N–H and O–H groups in total. The average Bonchev–Trinajstić information content (AvgIpc) is 2.67. The van der Waals surface area contributed by atoms with Crippen molar-refractivity contribution in [3.05, 3.63) is 47.3 Å². The zero-order valence-corrected chi connectivity index (χ0v) is 16.4. The summed E-state index contributed by atoms with van der Waals surface area (Å²) in [5, 5.41) is 8.52. The number of allylic oxidation sites excluding steroid dienone is 2. The number of aryl methyl sites for hydroxylation is 2. The number of nitriles is 1. The summed E-state index contributed by atoms with van der Waals surface area (Å²) in [6.07, 6.45) is 16.1. The lowest BCUT2D eigenvalue weighted by molar-refractivity contribution is 0.288. The highest BCUT2D eigenvalue weighted by Gasteiger charge is 2.20.